The molecule has 2 saturated carbocycles. The van der Waals surface area contributed by atoms with E-state index in [1.54, 1.807) is 6.07 Å². The van der Waals surface area contributed by atoms with Crippen LogP contribution in [0.5, 0.6) is 5.75 Å². The van der Waals surface area contributed by atoms with E-state index < -0.39 is 17.9 Å². The summed E-state index contributed by atoms with van der Waals surface area (Å²) in [7, 11) is 0. The molecular weight excluding hydrogens is 344 g/mol. The Kier molecular flexibility index (Phi) is 6.13. The standard InChI is InChI=1S/C21H28F4O/c1-2-14-6-8-15(9-7-14)16-10-12-17(13-11-16)18-4-3-5-19(20(18)22)26-21(23,24)25/h3-5,14-17H,2,6-13H2,1H3/t14-,15-,16-,17-. The van der Waals surface area contributed by atoms with Gasteiger partial charge in [0.25, 0.3) is 0 Å². The Labute approximate surface area is 153 Å². The Balaban J connectivity index is 1.59. The van der Waals surface area contributed by atoms with E-state index in [1.165, 1.54) is 38.2 Å². The SMILES string of the molecule is CC[C@H]1CC[C@H]([C@H]2CC[C@H](c3cccc(OC(F)(F)F)c3F)CC2)CC1. The molecule has 0 unspecified atom stereocenters. The third kappa shape index (κ3) is 4.72. The summed E-state index contributed by atoms with van der Waals surface area (Å²) < 4.78 is 55.6. The molecule has 146 valence electrons. The summed E-state index contributed by atoms with van der Waals surface area (Å²) in [5.41, 5.74) is 0.375. The van der Waals surface area contributed by atoms with Crippen molar-refractivity contribution in [2.24, 2.45) is 17.8 Å². The lowest BCUT2D eigenvalue weighted by molar-refractivity contribution is -0.275. The van der Waals surface area contributed by atoms with Gasteiger partial charge in [-0.05, 0) is 73.8 Å². The van der Waals surface area contributed by atoms with Crippen LogP contribution in [-0.2, 0) is 0 Å². The van der Waals surface area contributed by atoms with Gasteiger partial charge < -0.3 is 4.74 Å². The fraction of sp³-hybridized carbons (Fsp3) is 0.714. The average Bonchev–Trinajstić information content (AvgIpc) is 2.63. The van der Waals surface area contributed by atoms with Crippen LogP contribution in [0.4, 0.5) is 17.6 Å². The van der Waals surface area contributed by atoms with Crippen molar-refractivity contribution in [2.45, 2.75) is 77.0 Å². The van der Waals surface area contributed by atoms with Crippen LogP contribution < -0.4 is 4.74 Å². The fourth-order valence-corrected chi connectivity index (χ4v) is 5.02. The Morgan fingerprint density at radius 1 is 0.923 bits per heavy atom. The van der Waals surface area contributed by atoms with Crippen LogP contribution in [0.15, 0.2) is 18.2 Å². The predicted octanol–water partition coefficient (Wildman–Crippen LogP) is 7.21. The third-order valence-electron chi connectivity index (χ3n) is 6.57. The van der Waals surface area contributed by atoms with Crippen molar-refractivity contribution in [3.05, 3.63) is 29.6 Å². The molecule has 0 radical (unpaired) electrons. The van der Waals surface area contributed by atoms with Crippen LogP contribution >= 0.6 is 0 Å². The molecule has 0 N–H and O–H groups in total. The Morgan fingerprint density at radius 2 is 1.50 bits per heavy atom. The number of rotatable bonds is 4. The zero-order valence-electron chi connectivity index (χ0n) is 15.3. The molecule has 1 aromatic rings. The van der Waals surface area contributed by atoms with Crippen molar-refractivity contribution in [3.63, 3.8) is 0 Å². The van der Waals surface area contributed by atoms with Crippen LogP contribution in [0.3, 0.4) is 0 Å². The van der Waals surface area contributed by atoms with Crippen molar-refractivity contribution >= 4 is 0 Å². The van der Waals surface area contributed by atoms with Gasteiger partial charge in [0.15, 0.2) is 11.6 Å². The lowest BCUT2D eigenvalue weighted by atomic mass is 9.68. The van der Waals surface area contributed by atoms with Crippen LogP contribution in [-0.4, -0.2) is 6.36 Å². The lowest BCUT2D eigenvalue weighted by Gasteiger charge is -2.38. The van der Waals surface area contributed by atoms with E-state index in [9.17, 15) is 17.6 Å². The van der Waals surface area contributed by atoms with Gasteiger partial charge in [0.1, 0.15) is 0 Å². The van der Waals surface area contributed by atoms with Crippen LogP contribution in [0.2, 0.25) is 0 Å². The van der Waals surface area contributed by atoms with E-state index >= 15 is 0 Å². The van der Waals surface area contributed by atoms with Gasteiger partial charge in [0.05, 0.1) is 0 Å². The topological polar surface area (TPSA) is 9.23 Å². The minimum absolute atomic E-state index is 0.00462. The smallest absolute Gasteiger partial charge is 0.403 e. The van der Waals surface area contributed by atoms with Crippen molar-refractivity contribution < 1.29 is 22.3 Å². The van der Waals surface area contributed by atoms with Crippen molar-refractivity contribution in [1.82, 2.24) is 0 Å². The highest BCUT2D eigenvalue weighted by molar-refractivity contribution is 5.33. The molecule has 26 heavy (non-hydrogen) atoms. The van der Waals surface area contributed by atoms with Gasteiger partial charge >= 0.3 is 6.36 Å². The summed E-state index contributed by atoms with van der Waals surface area (Å²) in [6.07, 6.45) is 5.47. The first-order valence-electron chi connectivity index (χ1n) is 9.91. The van der Waals surface area contributed by atoms with Gasteiger partial charge in [-0.3, -0.25) is 0 Å². The predicted molar refractivity (Wildman–Crippen MR) is 93.5 cm³/mol. The second-order valence-corrected chi connectivity index (χ2v) is 8.01. The van der Waals surface area contributed by atoms with E-state index in [1.807, 2.05) is 0 Å². The molecule has 3 rings (SSSR count). The normalized spacial score (nSPS) is 30.2. The third-order valence-corrected chi connectivity index (χ3v) is 6.57. The highest BCUT2D eigenvalue weighted by Gasteiger charge is 2.35. The molecular formula is C21H28F4O. The van der Waals surface area contributed by atoms with Crippen LogP contribution in [0, 0.1) is 23.6 Å². The number of benzene rings is 1. The lowest BCUT2D eigenvalue weighted by Crippen LogP contribution is -2.25. The summed E-state index contributed by atoms with van der Waals surface area (Å²) >= 11 is 0. The molecule has 0 spiro atoms. The summed E-state index contributed by atoms with van der Waals surface area (Å²) in [6, 6.07) is 4.11. The average molecular weight is 372 g/mol. The summed E-state index contributed by atoms with van der Waals surface area (Å²) in [5.74, 6) is 0.792. The quantitative estimate of drug-likeness (QED) is 0.507. The number of hydrogen-bond acceptors (Lipinski definition) is 1. The van der Waals surface area contributed by atoms with Gasteiger partial charge in [-0.15, -0.1) is 13.2 Å². The molecule has 0 heterocycles. The van der Waals surface area contributed by atoms with Gasteiger partial charge in [-0.25, -0.2) is 4.39 Å². The van der Waals surface area contributed by atoms with Gasteiger partial charge in [0.2, 0.25) is 0 Å². The van der Waals surface area contributed by atoms with E-state index in [0.29, 0.717) is 11.5 Å². The molecule has 1 aromatic carbocycles. The van der Waals surface area contributed by atoms with Gasteiger partial charge in [-0.2, -0.15) is 0 Å². The second kappa shape index (κ2) is 8.18. The van der Waals surface area contributed by atoms with Crippen molar-refractivity contribution in [2.75, 3.05) is 0 Å². The molecule has 0 atom stereocenters. The fourth-order valence-electron chi connectivity index (χ4n) is 5.02. The van der Waals surface area contributed by atoms with E-state index in [0.717, 1.165) is 43.6 Å². The summed E-state index contributed by atoms with van der Waals surface area (Å²) in [4.78, 5) is 0. The molecule has 0 aromatic heterocycles. The minimum atomic E-state index is -4.87. The summed E-state index contributed by atoms with van der Waals surface area (Å²) in [5, 5.41) is 0. The molecule has 1 nitrogen and oxygen atoms in total. The van der Waals surface area contributed by atoms with Crippen LogP contribution in [0.1, 0.15) is 76.2 Å². The highest BCUT2D eigenvalue weighted by atomic mass is 19.4. The molecule has 0 aliphatic heterocycles. The molecule has 2 fully saturated rings. The first-order valence-corrected chi connectivity index (χ1v) is 9.91. The number of ether oxygens (including phenoxy) is 1. The Hall–Kier alpha value is -1.26. The second-order valence-electron chi connectivity index (χ2n) is 8.01. The monoisotopic (exact) mass is 372 g/mol. The zero-order valence-corrected chi connectivity index (χ0v) is 15.3. The molecule has 0 amide bonds. The van der Waals surface area contributed by atoms with E-state index in [4.69, 9.17) is 0 Å². The molecule has 2 aliphatic carbocycles. The molecule has 0 saturated heterocycles. The zero-order chi connectivity index (χ0) is 18.7. The van der Waals surface area contributed by atoms with E-state index in [2.05, 4.69) is 11.7 Å². The first kappa shape index (κ1) is 19.5. The largest absolute Gasteiger partial charge is 0.573 e. The number of halogens is 4. The van der Waals surface area contributed by atoms with E-state index in [-0.39, 0.29) is 5.92 Å². The van der Waals surface area contributed by atoms with Crippen LogP contribution in [0.25, 0.3) is 0 Å². The molecule has 2 aliphatic rings. The Morgan fingerprint density at radius 3 is 2.04 bits per heavy atom. The van der Waals surface area contributed by atoms with Crippen molar-refractivity contribution in [3.8, 4) is 5.75 Å². The van der Waals surface area contributed by atoms with Crippen molar-refractivity contribution in [1.29, 1.82) is 0 Å². The Bertz CT molecular complexity index is 582. The first-order chi connectivity index (χ1) is 12.4. The molecule has 0 bridgehead atoms. The maximum atomic E-state index is 14.5. The number of alkyl halides is 3. The maximum Gasteiger partial charge on any atom is 0.573 e. The van der Waals surface area contributed by atoms with Gasteiger partial charge in [0, 0.05) is 0 Å². The minimum Gasteiger partial charge on any atom is -0.403 e. The van der Waals surface area contributed by atoms with Gasteiger partial charge in [-0.1, -0.05) is 38.3 Å². The number of hydrogen-bond donors (Lipinski definition) is 0. The maximum absolute atomic E-state index is 14.5. The molecule has 5 heteroatoms. The summed E-state index contributed by atoms with van der Waals surface area (Å²) in [6.45, 7) is 2.27. The highest BCUT2D eigenvalue weighted by Crippen LogP contribution is 2.45.